The van der Waals surface area contributed by atoms with Gasteiger partial charge in [-0.15, -0.1) is 0 Å². The van der Waals surface area contributed by atoms with E-state index >= 15 is 0 Å². The van der Waals surface area contributed by atoms with E-state index in [0.717, 1.165) is 5.56 Å². The van der Waals surface area contributed by atoms with Crippen molar-refractivity contribution >= 4 is 6.21 Å². The Morgan fingerprint density at radius 3 is 2.36 bits per heavy atom. The minimum atomic E-state index is 1.13. The molecule has 0 atom stereocenters. The second kappa shape index (κ2) is 3.76. The van der Waals surface area contributed by atoms with E-state index in [1.807, 2.05) is 50.6 Å². The minimum absolute atomic E-state index is 1.13. The molecule has 0 aliphatic carbocycles. The molecule has 0 amide bonds. The summed E-state index contributed by atoms with van der Waals surface area (Å²) in [6, 6.07) is 10.0. The largest absolute Gasteiger partial charge is 0.303 e. The van der Waals surface area contributed by atoms with Gasteiger partial charge in [0.05, 0.1) is 6.21 Å². The predicted octanol–water partition coefficient (Wildman–Crippen LogP) is 1.58. The van der Waals surface area contributed by atoms with E-state index in [9.17, 15) is 0 Å². The van der Waals surface area contributed by atoms with Crippen LogP contribution in [0.1, 0.15) is 5.56 Å². The summed E-state index contributed by atoms with van der Waals surface area (Å²) >= 11 is 0. The van der Waals surface area contributed by atoms with Crippen LogP contribution in [0.2, 0.25) is 0 Å². The van der Waals surface area contributed by atoms with Crippen LogP contribution in [0.25, 0.3) is 0 Å². The van der Waals surface area contributed by atoms with Gasteiger partial charge in [0.15, 0.2) is 0 Å². The second-order valence-electron chi connectivity index (χ2n) is 2.50. The van der Waals surface area contributed by atoms with Crippen molar-refractivity contribution in [2.45, 2.75) is 0 Å². The van der Waals surface area contributed by atoms with Crippen LogP contribution in [-0.4, -0.2) is 25.3 Å². The molecular weight excluding hydrogens is 136 g/mol. The Kier molecular flexibility index (Phi) is 2.66. The van der Waals surface area contributed by atoms with E-state index in [0.29, 0.717) is 0 Å². The molecule has 0 spiro atoms. The third kappa shape index (κ3) is 2.85. The highest BCUT2D eigenvalue weighted by atomic mass is 15.4. The van der Waals surface area contributed by atoms with Gasteiger partial charge < -0.3 is 5.01 Å². The Morgan fingerprint density at radius 2 is 1.82 bits per heavy atom. The molecule has 0 saturated heterocycles. The second-order valence-corrected chi connectivity index (χ2v) is 2.50. The lowest BCUT2D eigenvalue weighted by atomic mass is 10.2. The van der Waals surface area contributed by atoms with Gasteiger partial charge in [-0.3, -0.25) is 0 Å². The first-order chi connectivity index (χ1) is 5.29. The van der Waals surface area contributed by atoms with E-state index in [-0.39, 0.29) is 0 Å². The van der Waals surface area contributed by atoms with Crippen molar-refractivity contribution < 1.29 is 0 Å². The molecule has 0 heterocycles. The molecule has 0 saturated carbocycles. The molecule has 0 radical (unpaired) electrons. The van der Waals surface area contributed by atoms with Gasteiger partial charge >= 0.3 is 0 Å². The SMILES string of the molecule is CN(C)N=Cc1ccccc1. The molecule has 58 valence electrons. The number of hydrogen-bond donors (Lipinski definition) is 0. The fraction of sp³-hybridized carbons (Fsp3) is 0.222. The minimum Gasteiger partial charge on any atom is -0.303 e. The van der Waals surface area contributed by atoms with Crippen molar-refractivity contribution in [3.8, 4) is 0 Å². The molecule has 0 fully saturated rings. The molecule has 0 N–H and O–H groups in total. The zero-order valence-corrected chi connectivity index (χ0v) is 6.86. The summed E-state index contributed by atoms with van der Waals surface area (Å²) in [5, 5.41) is 5.87. The van der Waals surface area contributed by atoms with Gasteiger partial charge in [-0.05, 0) is 5.56 Å². The smallest absolute Gasteiger partial charge is 0.0542 e. The number of hydrazone groups is 1. The van der Waals surface area contributed by atoms with E-state index in [4.69, 9.17) is 0 Å². The summed E-state index contributed by atoms with van der Waals surface area (Å²) in [7, 11) is 3.80. The summed E-state index contributed by atoms with van der Waals surface area (Å²) in [5.74, 6) is 0. The molecule has 11 heavy (non-hydrogen) atoms. The van der Waals surface area contributed by atoms with Gasteiger partial charge in [0, 0.05) is 14.1 Å². The van der Waals surface area contributed by atoms with E-state index in [1.165, 1.54) is 0 Å². The Hall–Kier alpha value is -1.31. The molecule has 0 aliphatic rings. The van der Waals surface area contributed by atoms with Crippen molar-refractivity contribution in [1.29, 1.82) is 0 Å². The molecule has 0 aliphatic heterocycles. The maximum Gasteiger partial charge on any atom is 0.0542 e. The zero-order chi connectivity index (χ0) is 8.10. The zero-order valence-electron chi connectivity index (χ0n) is 6.86. The lowest BCUT2D eigenvalue weighted by Crippen LogP contribution is -2.01. The Morgan fingerprint density at radius 1 is 1.18 bits per heavy atom. The molecule has 1 rings (SSSR count). The quantitative estimate of drug-likeness (QED) is 0.459. The van der Waals surface area contributed by atoms with E-state index in [1.54, 1.807) is 5.01 Å². The molecule has 1 aromatic rings. The average Bonchev–Trinajstić information content (AvgIpc) is 2.03. The Bertz CT molecular complexity index is 227. The monoisotopic (exact) mass is 148 g/mol. The fourth-order valence-corrected chi connectivity index (χ4v) is 0.721. The first-order valence-electron chi connectivity index (χ1n) is 3.55. The summed E-state index contributed by atoms with van der Waals surface area (Å²) < 4.78 is 0. The van der Waals surface area contributed by atoms with Crippen LogP contribution < -0.4 is 0 Å². The summed E-state index contributed by atoms with van der Waals surface area (Å²) in [6.45, 7) is 0. The van der Waals surface area contributed by atoms with Crippen LogP contribution in [0.4, 0.5) is 0 Å². The van der Waals surface area contributed by atoms with Crippen molar-refractivity contribution in [3.05, 3.63) is 35.9 Å². The highest BCUT2D eigenvalue weighted by Crippen LogP contribution is 1.93. The van der Waals surface area contributed by atoms with E-state index < -0.39 is 0 Å². The fourth-order valence-electron chi connectivity index (χ4n) is 0.721. The van der Waals surface area contributed by atoms with Gasteiger partial charge in [0.1, 0.15) is 0 Å². The predicted molar refractivity (Wildman–Crippen MR) is 47.7 cm³/mol. The van der Waals surface area contributed by atoms with Gasteiger partial charge in [0.25, 0.3) is 0 Å². The summed E-state index contributed by atoms with van der Waals surface area (Å²) in [4.78, 5) is 0. The molecule has 1 aromatic carbocycles. The standard InChI is InChI=1S/C9H12N2/c1-11(2)10-8-9-6-4-3-5-7-9/h3-8H,1-2H3. The highest BCUT2D eigenvalue weighted by molar-refractivity contribution is 5.79. The average molecular weight is 148 g/mol. The van der Waals surface area contributed by atoms with Crippen molar-refractivity contribution in [1.82, 2.24) is 5.01 Å². The highest BCUT2D eigenvalue weighted by Gasteiger charge is 1.82. The molecular formula is C9H12N2. The number of rotatable bonds is 2. The van der Waals surface area contributed by atoms with Crippen LogP contribution in [0.15, 0.2) is 35.4 Å². The Labute approximate surface area is 67.2 Å². The molecule has 2 nitrogen and oxygen atoms in total. The van der Waals surface area contributed by atoms with Gasteiger partial charge in [-0.25, -0.2) is 0 Å². The normalized spacial score (nSPS) is 10.4. The third-order valence-electron chi connectivity index (χ3n) is 1.24. The van der Waals surface area contributed by atoms with Crippen LogP contribution in [0, 0.1) is 0 Å². The van der Waals surface area contributed by atoms with Crippen LogP contribution in [0.3, 0.4) is 0 Å². The third-order valence-corrected chi connectivity index (χ3v) is 1.24. The molecule has 0 unspecified atom stereocenters. The first-order valence-corrected chi connectivity index (χ1v) is 3.55. The first kappa shape index (κ1) is 7.79. The summed E-state index contributed by atoms with van der Waals surface area (Å²) in [5.41, 5.74) is 1.13. The van der Waals surface area contributed by atoms with Crippen molar-refractivity contribution in [2.24, 2.45) is 5.10 Å². The van der Waals surface area contributed by atoms with Crippen LogP contribution in [-0.2, 0) is 0 Å². The maximum atomic E-state index is 4.10. The van der Waals surface area contributed by atoms with Crippen LogP contribution >= 0.6 is 0 Å². The topological polar surface area (TPSA) is 15.6 Å². The van der Waals surface area contributed by atoms with Gasteiger partial charge in [-0.1, -0.05) is 30.3 Å². The summed E-state index contributed by atoms with van der Waals surface area (Å²) in [6.07, 6.45) is 1.83. The lowest BCUT2D eigenvalue weighted by molar-refractivity contribution is 0.440. The van der Waals surface area contributed by atoms with E-state index in [2.05, 4.69) is 5.10 Å². The van der Waals surface area contributed by atoms with Crippen molar-refractivity contribution in [2.75, 3.05) is 14.1 Å². The van der Waals surface area contributed by atoms with Gasteiger partial charge in [-0.2, -0.15) is 5.10 Å². The number of hydrogen-bond acceptors (Lipinski definition) is 2. The molecule has 2 heteroatoms. The molecule has 0 aromatic heterocycles. The molecule has 0 bridgehead atoms. The van der Waals surface area contributed by atoms with Crippen LogP contribution in [0.5, 0.6) is 0 Å². The number of benzene rings is 1. The van der Waals surface area contributed by atoms with Gasteiger partial charge in [0.2, 0.25) is 0 Å². The Balaban J connectivity index is 2.65. The maximum absolute atomic E-state index is 4.10. The van der Waals surface area contributed by atoms with Crippen molar-refractivity contribution in [3.63, 3.8) is 0 Å². The lowest BCUT2D eigenvalue weighted by Gasteiger charge is -2.01. The number of nitrogens with zero attached hydrogens (tertiary/aromatic N) is 2.